The quantitative estimate of drug-likeness (QED) is 0.658. The molecule has 9 heteroatoms. The third kappa shape index (κ3) is 5.68. The zero-order valence-corrected chi connectivity index (χ0v) is 18.0. The molecule has 1 N–H and O–H groups in total. The van der Waals surface area contributed by atoms with Crippen LogP contribution in [0.3, 0.4) is 0 Å². The van der Waals surface area contributed by atoms with E-state index in [-0.39, 0.29) is 30.8 Å². The Bertz CT molecular complexity index is 1050. The molecule has 31 heavy (non-hydrogen) atoms. The Kier molecular flexibility index (Phi) is 7.40. The van der Waals surface area contributed by atoms with E-state index in [9.17, 15) is 22.4 Å². The highest BCUT2D eigenvalue weighted by Crippen LogP contribution is 2.26. The molecular formula is C22H25FN2O5S. The first-order valence-electron chi connectivity index (χ1n) is 10.1. The third-order valence-electron chi connectivity index (χ3n) is 5.21. The van der Waals surface area contributed by atoms with Crippen molar-refractivity contribution in [3.05, 3.63) is 59.9 Å². The van der Waals surface area contributed by atoms with Crippen molar-refractivity contribution in [2.45, 2.75) is 31.1 Å². The summed E-state index contributed by atoms with van der Waals surface area (Å²) in [5, 5.41) is 2.69. The van der Waals surface area contributed by atoms with Gasteiger partial charge in [-0.25, -0.2) is 12.8 Å². The van der Waals surface area contributed by atoms with Crippen LogP contribution in [0.1, 0.15) is 25.3 Å². The SMILES string of the molecule is CCc1cccc(NC(=O)COC(=O)C2CCN(S(=O)(=O)c3ccccc3F)CC2)c1. The number of halogens is 1. The van der Waals surface area contributed by atoms with E-state index in [0.717, 1.165) is 18.1 Å². The number of ether oxygens (including phenoxy) is 1. The summed E-state index contributed by atoms with van der Waals surface area (Å²) in [6.45, 7) is 1.75. The van der Waals surface area contributed by atoms with Crippen LogP contribution >= 0.6 is 0 Å². The fraction of sp³-hybridized carbons (Fsp3) is 0.364. The number of carbonyl (C=O) groups is 2. The van der Waals surface area contributed by atoms with Gasteiger partial charge in [0.1, 0.15) is 10.7 Å². The molecule has 0 radical (unpaired) electrons. The molecule has 0 atom stereocenters. The fourth-order valence-electron chi connectivity index (χ4n) is 3.45. The normalized spacial score (nSPS) is 15.4. The number of nitrogens with one attached hydrogen (secondary N) is 1. The minimum absolute atomic E-state index is 0.0758. The average molecular weight is 449 g/mol. The monoisotopic (exact) mass is 448 g/mol. The molecular weight excluding hydrogens is 423 g/mol. The molecule has 1 amide bonds. The van der Waals surface area contributed by atoms with E-state index in [4.69, 9.17) is 4.74 Å². The lowest BCUT2D eigenvalue weighted by atomic mass is 9.98. The number of aryl methyl sites for hydroxylation is 1. The molecule has 0 bridgehead atoms. The predicted molar refractivity (Wildman–Crippen MR) is 113 cm³/mol. The molecule has 7 nitrogen and oxygen atoms in total. The summed E-state index contributed by atoms with van der Waals surface area (Å²) in [7, 11) is -3.97. The lowest BCUT2D eigenvalue weighted by Gasteiger charge is -2.30. The van der Waals surface area contributed by atoms with Gasteiger partial charge in [0, 0.05) is 18.8 Å². The van der Waals surface area contributed by atoms with Crippen LogP contribution in [0.2, 0.25) is 0 Å². The van der Waals surface area contributed by atoms with Crippen molar-refractivity contribution < 1.29 is 27.1 Å². The lowest BCUT2D eigenvalue weighted by molar-refractivity contribution is -0.152. The maximum absolute atomic E-state index is 13.9. The molecule has 1 fully saturated rings. The molecule has 0 spiro atoms. The van der Waals surface area contributed by atoms with E-state index < -0.39 is 40.2 Å². The van der Waals surface area contributed by atoms with Crippen LogP contribution in [0, 0.1) is 11.7 Å². The minimum Gasteiger partial charge on any atom is -0.455 e. The summed E-state index contributed by atoms with van der Waals surface area (Å²) in [4.78, 5) is 24.0. The number of piperidine rings is 1. The van der Waals surface area contributed by atoms with Gasteiger partial charge < -0.3 is 10.1 Å². The first-order chi connectivity index (χ1) is 14.8. The van der Waals surface area contributed by atoms with Crippen LogP contribution < -0.4 is 5.32 Å². The third-order valence-corrected chi connectivity index (χ3v) is 7.14. The average Bonchev–Trinajstić information content (AvgIpc) is 2.78. The maximum atomic E-state index is 13.9. The van der Waals surface area contributed by atoms with Crippen molar-refractivity contribution in [3.8, 4) is 0 Å². The zero-order chi connectivity index (χ0) is 22.4. The number of anilines is 1. The lowest BCUT2D eigenvalue weighted by Crippen LogP contribution is -2.41. The highest BCUT2D eigenvalue weighted by molar-refractivity contribution is 7.89. The van der Waals surface area contributed by atoms with Crippen LogP contribution in [-0.2, 0) is 30.8 Å². The first-order valence-corrected chi connectivity index (χ1v) is 11.6. The maximum Gasteiger partial charge on any atom is 0.309 e. The molecule has 0 aliphatic carbocycles. The molecule has 1 aliphatic heterocycles. The van der Waals surface area contributed by atoms with Crippen molar-refractivity contribution in [2.24, 2.45) is 5.92 Å². The van der Waals surface area contributed by atoms with Gasteiger partial charge >= 0.3 is 5.97 Å². The van der Waals surface area contributed by atoms with Gasteiger partial charge in [-0.15, -0.1) is 0 Å². The van der Waals surface area contributed by atoms with Gasteiger partial charge in [0.25, 0.3) is 5.91 Å². The second-order valence-electron chi connectivity index (χ2n) is 7.32. The van der Waals surface area contributed by atoms with Crippen LogP contribution in [-0.4, -0.2) is 44.3 Å². The number of nitrogens with zero attached hydrogens (tertiary/aromatic N) is 1. The van der Waals surface area contributed by atoms with Gasteiger partial charge in [0.2, 0.25) is 10.0 Å². The summed E-state index contributed by atoms with van der Waals surface area (Å²) in [6.07, 6.45) is 1.32. The summed E-state index contributed by atoms with van der Waals surface area (Å²) in [5.41, 5.74) is 1.71. The topological polar surface area (TPSA) is 92.8 Å². The van der Waals surface area contributed by atoms with Crippen LogP contribution in [0.4, 0.5) is 10.1 Å². The molecule has 1 saturated heterocycles. The highest BCUT2D eigenvalue weighted by Gasteiger charge is 2.34. The second kappa shape index (κ2) is 10.0. The Labute approximate surface area is 181 Å². The van der Waals surface area contributed by atoms with E-state index in [1.807, 2.05) is 25.1 Å². The Morgan fingerprint density at radius 1 is 1.13 bits per heavy atom. The number of rotatable bonds is 7. The van der Waals surface area contributed by atoms with Gasteiger partial charge in [0.15, 0.2) is 6.61 Å². The van der Waals surface area contributed by atoms with Gasteiger partial charge in [-0.2, -0.15) is 4.31 Å². The van der Waals surface area contributed by atoms with Gasteiger partial charge in [-0.3, -0.25) is 9.59 Å². The number of amides is 1. The number of carbonyl (C=O) groups excluding carboxylic acids is 2. The van der Waals surface area contributed by atoms with Crippen LogP contribution in [0.25, 0.3) is 0 Å². The molecule has 3 rings (SSSR count). The Morgan fingerprint density at radius 3 is 2.52 bits per heavy atom. The van der Waals surface area contributed by atoms with Crippen molar-refractivity contribution in [1.82, 2.24) is 4.31 Å². The molecule has 1 aliphatic rings. The number of sulfonamides is 1. The van der Waals surface area contributed by atoms with Gasteiger partial charge in [0.05, 0.1) is 5.92 Å². The standard InChI is InChI=1S/C22H25FN2O5S/c1-2-16-6-5-7-18(14-16)24-21(26)15-30-22(27)17-10-12-25(13-11-17)31(28,29)20-9-4-3-8-19(20)23/h3-9,14,17H,2,10-13,15H2,1H3,(H,24,26). The van der Waals surface area contributed by atoms with Crippen LogP contribution in [0.5, 0.6) is 0 Å². The van der Waals surface area contributed by atoms with E-state index in [1.54, 1.807) is 6.07 Å². The van der Waals surface area contributed by atoms with Crippen molar-refractivity contribution in [3.63, 3.8) is 0 Å². The summed E-state index contributed by atoms with van der Waals surface area (Å²) in [6, 6.07) is 12.6. The molecule has 0 saturated carbocycles. The van der Waals surface area contributed by atoms with E-state index >= 15 is 0 Å². The molecule has 1 heterocycles. The smallest absolute Gasteiger partial charge is 0.309 e. The Morgan fingerprint density at radius 2 is 1.84 bits per heavy atom. The number of hydrogen-bond donors (Lipinski definition) is 1. The van der Waals surface area contributed by atoms with Crippen molar-refractivity contribution >= 4 is 27.6 Å². The van der Waals surface area contributed by atoms with Crippen molar-refractivity contribution in [2.75, 3.05) is 25.0 Å². The Balaban J connectivity index is 1.49. The summed E-state index contributed by atoms with van der Waals surface area (Å²) in [5.74, 6) is -2.30. The number of esters is 1. The first kappa shape index (κ1) is 22.9. The van der Waals surface area contributed by atoms with E-state index in [1.165, 1.54) is 22.5 Å². The minimum atomic E-state index is -3.97. The van der Waals surface area contributed by atoms with Gasteiger partial charge in [-0.05, 0) is 49.1 Å². The van der Waals surface area contributed by atoms with E-state index in [0.29, 0.717) is 5.69 Å². The number of hydrogen-bond acceptors (Lipinski definition) is 5. The molecule has 166 valence electrons. The zero-order valence-electron chi connectivity index (χ0n) is 17.2. The van der Waals surface area contributed by atoms with E-state index in [2.05, 4.69) is 5.32 Å². The fourth-order valence-corrected chi connectivity index (χ4v) is 4.98. The number of benzene rings is 2. The Hall–Kier alpha value is -2.78. The molecule has 0 unspecified atom stereocenters. The van der Waals surface area contributed by atoms with Gasteiger partial charge in [-0.1, -0.05) is 31.2 Å². The summed E-state index contributed by atoms with van der Waals surface area (Å²) < 4.78 is 45.5. The predicted octanol–water partition coefficient (Wildman–Crippen LogP) is 2.97. The van der Waals surface area contributed by atoms with Crippen molar-refractivity contribution in [1.29, 1.82) is 0 Å². The second-order valence-corrected chi connectivity index (χ2v) is 9.22. The highest BCUT2D eigenvalue weighted by atomic mass is 32.2. The molecule has 2 aromatic rings. The van der Waals surface area contributed by atoms with Crippen LogP contribution in [0.15, 0.2) is 53.4 Å². The largest absolute Gasteiger partial charge is 0.455 e. The summed E-state index contributed by atoms with van der Waals surface area (Å²) >= 11 is 0. The molecule has 0 aromatic heterocycles. The molecule has 2 aromatic carbocycles.